The summed E-state index contributed by atoms with van der Waals surface area (Å²) in [5.41, 5.74) is 4.67. The van der Waals surface area contributed by atoms with Crippen LogP contribution in [0.15, 0.2) is 29.4 Å². The summed E-state index contributed by atoms with van der Waals surface area (Å²) >= 11 is 0. The van der Waals surface area contributed by atoms with E-state index in [9.17, 15) is 9.59 Å². The second-order valence-electron chi connectivity index (χ2n) is 6.48. The molecule has 0 spiro atoms. The molecule has 1 aromatic rings. The quantitative estimate of drug-likeness (QED) is 0.462. The maximum atomic E-state index is 11.8. The highest BCUT2D eigenvalue weighted by Gasteiger charge is 2.15. The lowest BCUT2D eigenvalue weighted by Gasteiger charge is -2.11. The largest absolute Gasteiger partial charge is 0.376 e. The number of nitrogens with zero attached hydrogens (tertiary/aromatic N) is 1. The zero-order valence-electron chi connectivity index (χ0n) is 15.5. The number of nitrogens with one attached hydrogen (secondary N) is 4. The molecule has 1 saturated heterocycles. The lowest BCUT2D eigenvalue weighted by molar-refractivity contribution is 0.111. The molecule has 0 bridgehead atoms. The number of benzene rings is 1. The molecule has 0 aliphatic carbocycles. The Labute approximate surface area is 153 Å². The number of carbonyl (C=O) groups excluding carboxylic acids is 2. The summed E-state index contributed by atoms with van der Waals surface area (Å²) in [6.07, 6.45) is 2.10. The number of anilines is 1. The van der Waals surface area contributed by atoms with E-state index < -0.39 is 0 Å². The van der Waals surface area contributed by atoms with Gasteiger partial charge in [-0.2, -0.15) is 5.10 Å². The van der Waals surface area contributed by atoms with Gasteiger partial charge in [0.25, 0.3) is 0 Å². The highest BCUT2D eigenvalue weighted by molar-refractivity contribution is 5.99. The zero-order valence-corrected chi connectivity index (χ0v) is 15.5. The normalized spacial score (nSPS) is 17.1. The van der Waals surface area contributed by atoms with Crippen LogP contribution in [0.1, 0.15) is 39.2 Å². The molecule has 26 heavy (non-hydrogen) atoms. The molecule has 1 aliphatic heterocycles. The molecular formula is C18H27N5O3. The highest BCUT2D eigenvalue weighted by atomic mass is 16.5. The van der Waals surface area contributed by atoms with Gasteiger partial charge in [-0.15, -0.1) is 0 Å². The van der Waals surface area contributed by atoms with E-state index in [1.807, 2.05) is 26.0 Å². The number of hydrazone groups is 1. The summed E-state index contributed by atoms with van der Waals surface area (Å²) in [6.45, 7) is 6.83. The number of hydrogen-bond acceptors (Lipinski definition) is 4. The van der Waals surface area contributed by atoms with Gasteiger partial charge in [0.05, 0.1) is 11.8 Å². The fourth-order valence-electron chi connectivity index (χ4n) is 2.47. The molecule has 0 aromatic heterocycles. The Morgan fingerprint density at radius 1 is 1.23 bits per heavy atom. The van der Waals surface area contributed by atoms with Gasteiger partial charge in [0, 0.05) is 24.9 Å². The third-order valence-electron chi connectivity index (χ3n) is 3.82. The topological polar surface area (TPSA) is 104 Å². The Morgan fingerprint density at radius 3 is 2.58 bits per heavy atom. The first-order chi connectivity index (χ1) is 12.4. The Hall–Kier alpha value is -2.61. The van der Waals surface area contributed by atoms with Crippen molar-refractivity contribution in [2.75, 3.05) is 18.5 Å². The van der Waals surface area contributed by atoms with Gasteiger partial charge in [0.2, 0.25) is 0 Å². The molecule has 1 fully saturated rings. The number of amides is 4. The first-order valence-electron chi connectivity index (χ1n) is 8.81. The van der Waals surface area contributed by atoms with E-state index in [0.29, 0.717) is 17.9 Å². The smallest absolute Gasteiger partial charge is 0.335 e. The molecule has 4 amide bonds. The van der Waals surface area contributed by atoms with Gasteiger partial charge in [-0.3, -0.25) is 0 Å². The summed E-state index contributed by atoms with van der Waals surface area (Å²) in [6, 6.07) is 6.69. The summed E-state index contributed by atoms with van der Waals surface area (Å²) < 4.78 is 5.45. The summed E-state index contributed by atoms with van der Waals surface area (Å²) in [5, 5.41) is 12.3. The number of urea groups is 2. The minimum atomic E-state index is -0.358. The van der Waals surface area contributed by atoms with Crippen molar-refractivity contribution in [1.82, 2.24) is 16.1 Å². The molecule has 2 rings (SSSR count). The maximum absolute atomic E-state index is 11.8. The van der Waals surface area contributed by atoms with Crippen molar-refractivity contribution >= 4 is 23.5 Å². The maximum Gasteiger partial charge on any atom is 0.335 e. The molecule has 8 heteroatoms. The summed E-state index contributed by atoms with van der Waals surface area (Å²) in [4.78, 5) is 23.4. The second-order valence-corrected chi connectivity index (χ2v) is 6.48. The van der Waals surface area contributed by atoms with Crippen molar-refractivity contribution in [1.29, 1.82) is 0 Å². The molecular weight excluding hydrogens is 334 g/mol. The van der Waals surface area contributed by atoms with Crippen LogP contribution in [0, 0.1) is 0 Å². The molecule has 4 N–H and O–H groups in total. The van der Waals surface area contributed by atoms with Crippen molar-refractivity contribution in [3.8, 4) is 0 Å². The van der Waals surface area contributed by atoms with Crippen LogP contribution in [0.25, 0.3) is 0 Å². The molecule has 1 aliphatic rings. The first kappa shape index (κ1) is 19.7. The molecule has 1 atom stereocenters. The summed E-state index contributed by atoms with van der Waals surface area (Å²) in [5.74, 6) is 0. The van der Waals surface area contributed by atoms with Gasteiger partial charge >= 0.3 is 12.1 Å². The molecule has 1 unspecified atom stereocenters. The van der Waals surface area contributed by atoms with Gasteiger partial charge in [-0.05, 0) is 51.3 Å². The standard InChI is InChI=1S/C18H27N5O3/c1-12(2)20-18(25)21-15-8-6-14(7-9-15)13(3)22-23-17(24)19-11-16-5-4-10-26-16/h6-9,12,16H,4-5,10-11H2,1-3H3,(H2,19,23,24)(H2,20,21,25)/b22-13+. The van der Waals surface area contributed by atoms with Crippen LogP contribution in [-0.2, 0) is 4.74 Å². The summed E-state index contributed by atoms with van der Waals surface area (Å²) in [7, 11) is 0. The second kappa shape index (κ2) is 9.76. The lowest BCUT2D eigenvalue weighted by atomic mass is 10.1. The average molecular weight is 361 g/mol. The van der Waals surface area contributed by atoms with Gasteiger partial charge in [0.1, 0.15) is 0 Å². The average Bonchev–Trinajstić information content (AvgIpc) is 3.11. The van der Waals surface area contributed by atoms with Crippen molar-refractivity contribution in [2.24, 2.45) is 5.10 Å². The minimum absolute atomic E-state index is 0.0705. The highest BCUT2D eigenvalue weighted by Crippen LogP contribution is 2.11. The zero-order chi connectivity index (χ0) is 18.9. The number of rotatable bonds is 6. The SMILES string of the molecule is C/C(=N\NC(=O)NCC1CCCO1)c1ccc(NC(=O)NC(C)C)cc1. The van der Waals surface area contributed by atoms with Crippen LogP contribution < -0.4 is 21.4 Å². The lowest BCUT2D eigenvalue weighted by Crippen LogP contribution is -2.37. The van der Waals surface area contributed by atoms with E-state index in [0.717, 1.165) is 25.0 Å². The van der Waals surface area contributed by atoms with E-state index in [1.165, 1.54) is 0 Å². The van der Waals surface area contributed by atoms with E-state index in [1.54, 1.807) is 19.1 Å². The van der Waals surface area contributed by atoms with Crippen LogP contribution in [0.4, 0.5) is 15.3 Å². The van der Waals surface area contributed by atoms with Crippen LogP contribution in [0.3, 0.4) is 0 Å². The molecule has 1 heterocycles. The molecule has 0 radical (unpaired) electrons. The predicted molar refractivity (Wildman–Crippen MR) is 101 cm³/mol. The number of carbonyl (C=O) groups is 2. The first-order valence-corrected chi connectivity index (χ1v) is 8.81. The Balaban J connectivity index is 1.80. The fourth-order valence-corrected chi connectivity index (χ4v) is 2.47. The fraction of sp³-hybridized carbons (Fsp3) is 0.500. The van der Waals surface area contributed by atoms with Crippen molar-refractivity contribution in [3.05, 3.63) is 29.8 Å². The number of ether oxygens (including phenoxy) is 1. The van der Waals surface area contributed by atoms with Crippen molar-refractivity contribution in [3.63, 3.8) is 0 Å². The van der Waals surface area contributed by atoms with Crippen LogP contribution in [0.2, 0.25) is 0 Å². The van der Waals surface area contributed by atoms with Gasteiger partial charge in [0.15, 0.2) is 0 Å². The Bertz CT molecular complexity index is 637. The molecule has 0 saturated carbocycles. The molecule has 142 valence electrons. The third-order valence-corrected chi connectivity index (χ3v) is 3.82. The van der Waals surface area contributed by atoms with Gasteiger partial charge < -0.3 is 20.7 Å². The van der Waals surface area contributed by atoms with Gasteiger partial charge in [-0.25, -0.2) is 15.0 Å². The molecule has 1 aromatic carbocycles. The third kappa shape index (κ3) is 6.72. The predicted octanol–water partition coefficient (Wildman–Crippen LogP) is 2.42. The minimum Gasteiger partial charge on any atom is -0.376 e. The van der Waals surface area contributed by atoms with E-state index in [4.69, 9.17) is 4.74 Å². The Morgan fingerprint density at radius 2 is 1.96 bits per heavy atom. The van der Waals surface area contributed by atoms with Crippen molar-refractivity contribution < 1.29 is 14.3 Å². The number of hydrogen-bond donors (Lipinski definition) is 4. The monoisotopic (exact) mass is 361 g/mol. The molecule has 8 nitrogen and oxygen atoms in total. The van der Waals surface area contributed by atoms with Crippen LogP contribution >= 0.6 is 0 Å². The van der Waals surface area contributed by atoms with Crippen molar-refractivity contribution in [2.45, 2.75) is 45.8 Å². The van der Waals surface area contributed by atoms with E-state index in [-0.39, 0.29) is 24.2 Å². The Kier molecular flexibility index (Phi) is 7.40. The van der Waals surface area contributed by atoms with Crippen LogP contribution in [-0.4, -0.2) is 43.1 Å². The van der Waals surface area contributed by atoms with E-state index >= 15 is 0 Å². The van der Waals surface area contributed by atoms with E-state index in [2.05, 4.69) is 26.5 Å². The van der Waals surface area contributed by atoms with Crippen LogP contribution in [0.5, 0.6) is 0 Å². The van der Waals surface area contributed by atoms with Gasteiger partial charge in [-0.1, -0.05) is 12.1 Å².